The van der Waals surface area contributed by atoms with Crippen LogP contribution in [0.15, 0.2) is 17.0 Å². The van der Waals surface area contributed by atoms with Crippen molar-refractivity contribution < 1.29 is 12.8 Å². The van der Waals surface area contributed by atoms with Crippen LogP contribution in [0, 0.1) is 32.0 Å². The predicted molar refractivity (Wildman–Crippen MR) is 73.7 cm³/mol. The van der Waals surface area contributed by atoms with E-state index in [1.165, 1.54) is 12.1 Å². The second-order valence-corrected chi connectivity index (χ2v) is 6.13. The Balaban J connectivity index is 2.81. The van der Waals surface area contributed by atoms with E-state index >= 15 is 0 Å². The summed E-state index contributed by atoms with van der Waals surface area (Å²) in [6.45, 7) is 3.51. The Morgan fingerprint density at radius 3 is 2.37 bits per heavy atom. The minimum absolute atomic E-state index is 0.158. The van der Waals surface area contributed by atoms with Crippen LogP contribution < -0.4 is 4.72 Å². The molecular formula is C14H18FNO2S. The predicted octanol–water partition coefficient (Wildman–Crippen LogP) is 2.52. The van der Waals surface area contributed by atoms with E-state index in [9.17, 15) is 12.8 Å². The van der Waals surface area contributed by atoms with Crippen molar-refractivity contribution in [2.24, 2.45) is 0 Å². The van der Waals surface area contributed by atoms with Crippen LogP contribution in [0.4, 0.5) is 4.39 Å². The molecule has 0 saturated heterocycles. The van der Waals surface area contributed by atoms with Crippen LogP contribution in [-0.4, -0.2) is 15.0 Å². The summed E-state index contributed by atoms with van der Waals surface area (Å²) in [5, 5.41) is 0. The summed E-state index contributed by atoms with van der Waals surface area (Å²) < 4.78 is 40.0. The van der Waals surface area contributed by atoms with Crippen molar-refractivity contribution >= 4 is 10.0 Å². The van der Waals surface area contributed by atoms with Crippen molar-refractivity contribution in [1.29, 1.82) is 0 Å². The van der Waals surface area contributed by atoms with Gasteiger partial charge in [0.2, 0.25) is 10.0 Å². The molecular weight excluding hydrogens is 265 g/mol. The standard InChI is InChI=1S/C14H18FNO2S/c1-4-5-6-7-8-16-19(17,18)14-11(2)9-13(15)10-12(14)3/h1,9-10,16H,5-8H2,2-3H3. The highest BCUT2D eigenvalue weighted by Crippen LogP contribution is 2.21. The van der Waals surface area contributed by atoms with E-state index in [-0.39, 0.29) is 4.90 Å². The maximum absolute atomic E-state index is 13.2. The fourth-order valence-corrected chi connectivity index (χ4v) is 3.48. The SMILES string of the molecule is C#CCCCCNS(=O)(=O)c1c(C)cc(F)cc1C. The molecule has 0 saturated carbocycles. The molecule has 19 heavy (non-hydrogen) atoms. The lowest BCUT2D eigenvalue weighted by Crippen LogP contribution is -2.26. The van der Waals surface area contributed by atoms with Crippen LogP contribution in [0.25, 0.3) is 0 Å². The first-order chi connectivity index (χ1) is 8.88. The minimum Gasteiger partial charge on any atom is -0.211 e. The van der Waals surface area contributed by atoms with Crippen LogP contribution in [0.1, 0.15) is 30.4 Å². The molecule has 0 aromatic heterocycles. The highest BCUT2D eigenvalue weighted by molar-refractivity contribution is 7.89. The Kier molecular flexibility index (Phi) is 5.52. The van der Waals surface area contributed by atoms with Crippen LogP contribution in [0.3, 0.4) is 0 Å². The van der Waals surface area contributed by atoms with E-state index in [2.05, 4.69) is 10.6 Å². The van der Waals surface area contributed by atoms with Gasteiger partial charge in [-0.25, -0.2) is 17.5 Å². The second-order valence-electron chi connectivity index (χ2n) is 4.43. The molecule has 1 rings (SSSR count). The summed E-state index contributed by atoms with van der Waals surface area (Å²) in [6.07, 6.45) is 7.21. The molecule has 1 N–H and O–H groups in total. The van der Waals surface area contributed by atoms with Gasteiger partial charge < -0.3 is 0 Å². The van der Waals surface area contributed by atoms with Gasteiger partial charge in [-0.2, -0.15) is 0 Å². The fourth-order valence-electron chi connectivity index (χ4n) is 1.95. The van der Waals surface area contributed by atoms with Crippen LogP contribution in [0.5, 0.6) is 0 Å². The lowest BCUT2D eigenvalue weighted by atomic mass is 10.1. The maximum atomic E-state index is 13.2. The average Bonchev–Trinajstić information content (AvgIpc) is 2.26. The van der Waals surface area contributed by atoms with Gasteiger partial charge in [-0.1, -0.05) is 0 Å². The summed E-state index contributed by atoms with van der Waals surface area (Å²) >= 11 is 0. The molecule has 1 aromatic rings. The van der Waals surface area contributed by atoms with Crippen LogP contribution in [0.2, 0.25) is 0 Å². The van der Waals surface area contributed by atoms with Crippen molar-refractivity contribution in [3.63, 3.8) is 0 Å². The van der Waals surface area contributed by atoms with E-state index < -0.39 is 15.8 Å². The first kappa shape index (κ1) is 15.7. The number of terminal acetylenes is 1. The van der Waals surface area contributed by atoms with E-state index in [0.717, 1.165) is 6.42 Å². The third-order valence-electron chi connectivity index (χ3n) is 2.73. The molecule has 0 fully saturated rings. The van der Waals surface area contributed by atoms with Gasteiger partial charge in [-0.05, 0) is 49.9 Å². The van der Waals surface area contributed by atoms with Gasteiger partial charge >= 0.3 is 0 Å². The van der Waals surface area contributed by atoms with E-state index in [1.807, 2.05) is 0 Å². The first-order valence-electron chi connectivity index (χ1n) is 6.08. The minimum atomic E-state index is -3.59. The number of aryl methyl sites for hydroxylation is 2. The number of nitrogens with one attached hydrogen (secondary N) is 1. The Morgan fingerprint density at radius 1 is 1.26 bits per heavy atom. The van der Waals surface area contributed by atoms with Gasteiger partial charge in [-0.3, -0.25) is 0 Å². The zero-order valence-electron chi connectivity index (χ0n) is 11.2. The average molecular weight is 283 g/mol. The van der Waals surface area contributed by atoms with Gasteiger partial charge in [0, 0.05) is 13.0 Å². The highest BCUT2D eigenvalue weighted by Gasteiger charge is 2.19. The Hall–Kier alpha value is -1.38. The Labute approximate surface area is 114 Å². The summed E-state index contributed by atoms with van der Waals surface area (Å²) in [5.41, 5.74) is 0.822. The lowest BCUT2D eigenvalue weighted by molar-refractivity contribution is 0.574. The number of sulfonamides is 1. The molecule has 0 atom stereocenters. The molecule has 0 spiro atoms. The Bertz CT molecular complexity index is 565. The molecule has 0 unspecified atom stereocenters. The molecule has 0 bridgehead atoms. The molecule has 3 nitrogen and oxygen atoms in total. The van der Waals surface area contributed by atoms with Gasteiger partial charge in [0.05, 0.1) is 4.90 Å². The van der Waals surface area contributed by atoms with Crippen molar-refractivity contribution in [3.05, 3.63) is 29.1 Å². The number of halogens is 1. The van der Waals surface area contributed by atoms with Gasteiger partial charge in [0.25, 0.3) is 0 Å². The largest absolute Gasteiger partial charge is 0.241 e. The number of rotatable bonds is 6. The third-order valence-corrected chi connectivity index (χ3v) is 4.50. The van der Waals surface area contributed by atoms with Gasteiger partial charge in [0.1, 0.15) is 5.82 Å². The molecule has 0 aliphatic heterocycles. The molecule has 0 aliphatic carbocycles. The molecule has 104 valence electrons. The van der Waals surface area contributed by atoms with Crippen molar-refractivity contribution in [3.8, 4) is 12.3 Å². The Morgan fingerprint density at radius 2 is 1.84 bits per heavy atom. The maximum Gasteiger partial charge on any atom is 0.241 e. The molecule has 0 radical (unpaired) electrons. The molecule has 1 aromatic carbocycles. The van der Waals surface area contributed by atoms with E-state index in [4.69, 9.17) is 6.42 Å². The summed E-state index contributed by atoms with van der Waals surface area (Å²) in [7, 11) is -3.59. The fraction of sp³-hybridized carbons (Fsp3) is 0.429. The molecule has 0 heterocycles. The zero-order chi connectivity index (χ0) is 14.5. The van der Waals surface area contributed by atoms with E-state index in [0.29, 0.717) is 30.5 Å². The first-order valence-corrected chi connectivity index (χ1v) is 7.56. The molecule has 0 aliphatic rings. The van der Waals surface area contributed by atoms with Crippen LogP contribution in [-0.2, 0) is 10.0 Å². The van der Waals surface area contributed by atoms with Gasteiger partial charge in [0.15, 0.2) is 0 Å². The molecule has 5 heteroatoms. The highest BCUT2D eigenvalue weighted by atomic mass is 32.2. The number of hydrogen-bond donors (Lipinski definition) is 1. The summed E-state index contributed by atoms with van der Waals surface area (Å²) in [5.74, 6) is 2.07. The lowest BCUT2D eigenvalue weighted by Gasteiger charge is -2.12. The second kappa shape index (κ2) is 6.69. The van der Waals surface area contributed by atoms with E-state index in [1.54, 1.807) is 13.8 Å². The smallest absolute Gasteiger partial charge is 0.211 e. The van der Waals surface area contributed by atoms with Crippen molar-refractivity contribution in [2.75, 3.05) is 6.54 Å². The zero-order valence-corrected chi connectivity index (χ0v) is 12.0. The monoisotopic (exact) mass is 283 g/mol. The number of unbranched alkanes of at least 4 members (excludes halogenated alkanes) is 2. The quantitative estimate of drug-likeness (QED) is 0.644. The third kappa shape index (κ3) is 4.34. The molecule has 0 amide bonds. The van der Waals surface area contributed by atoms with Gasteiger partial charge in [-0.15, -0.1) is 12.3 Å². The number of hydrogen-bond acceptors (Lipinski definition) is 2. The van der Waals surface area contributed by atoms with Crippen LogP contribution >= 0.6 is 0 Å². The summed E-state index contributed by atoms with van der Waals surface area (Å²) in [4.78, 5) is 0.158. The number of benzene rings is 1. The normalized spacial score (nSPS) is 11.3. The topological polar surface area (TPSA) is 46.2 Å². The summed E-state index contributed by atoms with van der Waals surface area (Å²) in [6, 6.07) is 2.44. The van der Waals surface area contributed by atoms with Crippen molar-refractivity contribution in [2.45, 2.75) is 38.0 Å². The van der Waals surface area contributed by atoms with Crippen molar-refractivity contribution in [1.82, 2.24) is 4.72 Å².